The molecular weight excluding hydrogens is 102 g/mol. The summed E-state index contributed by atoms with van der Waals surface area (Å²) in [5, 5.41) is 0. The third kappa shape index (κ3) is 57.0. The molecule has 2 unspecified atom stereocenters. The quantitative estimate of drug-likeness (QED) is 0.423. The molecule has 0 saturated heterocycles. The summed E-state index contributed by atoms with van der Waals surface area (Å²) in [6, 6.07) is 0. The lowest BCUT2D eigenvalue weighted by Gasteiger charge is -1.60. The highest BCUT2D eigenvalue weighted by atomic mass is 31.0. The van der Waals surface area contributed by atoms with Crippen molar-refractivity contribution in [3.8, 4) is 0 Å². The second-order valence-corrected chi connectivity index (χ2v) is 0.707. The molecule has 0 rings (SSSR count). The van der Waals surface area contributed by atoms with Crippen LogP contribution in [0.3, 0.4) is 0 Å². The minimum atomic E-state index is 1.59. The Kier molecular flexibility index (Phi) is 39.4. The molecule has 0 N–H and O–H groups in total. The topological polar surface area (TPSA) is 9.23 Å². The lowest BCUT2D eigenvalue weighted by Crippen LogP contribution is -1.37. The van der Waals surface area contributed by atoms with Gasteiger partial charge in [0.15, 0.2) is 0 Å². The Morgan fingerprint density at radius 3 is 1.40 bits per heavy atom. The average Bonchev–Trinajstić information content (AvgIpc) is 1.46. The molecular formula is C2H10OP2. The Morgan fingerprint density at radius 2 is 1.40 bits per heavy atom. The highest BCUT2D eigenvalue weighted by Gasteiger charge is 1.25. The first kappa shape index (κ1) is 9.27. The minimum Gasteiger partial charge on any atom is -0.369 e. The van der Waals surface area contributed by atoms with Gasteiger partial charge in [-0.3, -0.25) is 0 Å². The van der Waals surface area contributed by atoms with Gasteiger partial charge in [0.2, 0.25) is 0 Å². The van der Waals surface area contributed by atoms with Gasteiger partial charge in [0, 0.05) is 7.11 Å². The van der Waals surface area contributed by atoms with Crippen LogP contribution < -0.4 is 0 Å². The van der Waals surface area contributed by atoms with Crippen molar-refractivity contribution in [3.63, 3.8) is 0 Å². The maximum absolute atomic E-state index is 4.17. The first-order valence-electron chi connectivity index (χ1n) is 1.22. The summed E-state index contributed by atoms with van der Waals surface area (Å²) in [5.41, 5.74) is 0. The molecule has 0 spiro atoms. The van der Waals surface area contributed by atoms with Crippen molar-refractivity contribution >= 4 is 18.7 Å². The fourth-order valence-electron chi connectivity index (χ4n) is 0. The van der Waals surface area contributed by atoms with Crippen LogP contribution in [0.15, 0.2) is 0 Å². The first-order valence-corrected chi connectivity index (χ1v) is 2.85. The SMILES string of the molecule is COP.CP. The molecule has 0 aliphatic carbocycles. The van der Waals surface area contributed by atoms with E-state index in [2.05, 4.69) is 23.2 Å². The van der Waals surface area contributed by atoms with Crippen molar-refractivity contribution < 1.29 is 4.52 Å². The van der Waals surface area contributed by atoms with E-state index in [-0.39, 0.29) is 0 Å². The summed E-state index contributed by atoms with van der Waals surface area (Å²) in [6.07, 6.45) is 0. The normalized spacial score (nSPS) is 4.80. The molecule has 2 atom stereocenters. The van der Waals surface area contributed by atoms with E-state index in [1.54, 1.807) is 7.11 Å². The Bertz CT molecular complexity index is 7.61. The van der Waals surface area contributed by atoms with E-state index in [0.29, 0.717) is 0 Å². The largest absolute Gasteiger partial charge is 0.369 e. The summed E-state index contributed by atoms with van der Waals surface area (Å²) in [6.45, 7) is 1.92. The number of hydrogen-bond acceptors (Lipinski definition) is 1. The molecule has 0 aromatic carbocycles. The molecule has 0 aromatic rings. The average molecular weight is 112 g/mol. The van der Waals surface area contributed by atoms with Gasteiger partial charge in [0.1, 0.15) is 0 Å². The Hall–Kier alpha value is 0.820. The van der Waals surface area contributed by atoms with Crippen molar-refractivity contribution in [2.24, 2.45) is 0 Å². The van der Waals surface area contributed by atoms with Crippen molar-refractivity contribution in [2.45, 2.75) is 0 Å². The lowest BCUT2D eigenvalue weighted by molar-refractivity contribution is 0.488. The predicted molar refractivity (Wildman–Crippen MR) is 32.4 cm³/mol. The Morgan fingerprint density at radius 1 is 1.40 bits per heavy atom. The maximum atomic E-state index is 4.17. The van der Waals surface area contributed by atoms with Crippen LogP contribution in [0.5, 0.6) is 0 Å². The van der Waals surface area contributed by atoms with E-state index in [4.69, 9.17) is 0 Å². The molecule has 0 amide bonds. The third-order valence-corrected chi connectivity index (χ3v) is 0. The molecule has 5 heavy (non-hydrogen) atoms. The van der Waals surface area contributed by atoms with Gasteiger partial charge in [-0.25, -0.2) is 0 Å². The third-order valence-electron chi connectivity index (χ3n) is 0. The van der Waals surface area contributed by atoms with Gasteiger partial charge >= 0.3 is 0 Å². The van der Waals surface area contributed by atoms with Crippen molar-refractivity contribution in [2.75, 3.05) is 13.8 Å². The molecule has 0 aliphatic rings. The lowest BCUT2D eigenvalue weighted by atomic mass is 11.8. The molecule has 0 heterocycles. The summed E-state index contributed by atoms with van der Waals surface area (Å²) in [7, 11) is 6.08. The van der Waals surface area contributed by atoms with Crippen LogP contribution in [0.2, 0.25) is 0 Å². The van der Waals surface area contributed by atoms with E-state index < -0.39 is 0 Å². The van der Waals surface area contributed by atoms with Crippen LogP contribution in [0.25, 0.3) is 0 Å². The van der Waals surface area contributed by atoms with Gasteiger partial charge in [-0.15, -0.1) is 9.24 Å². The first-order chi connectivity index (χ1) is 2.41. The molecule has 0 radical (unpaired) electrons. The fourth-order valence-corrected chi connectivity index (χ4v) is 0. The summed E-state index contributed by atoms with van der Waals surface area (Å²) >= 11 is 0. The van der Waals surface area contributed by atoms with Crippen molar-refractivity contribution in [3.05, 3.63) is 0 Å². The summed E-state index contributed by atoms with van der Waals surface area (Å²) < 4.78 is 4.17. The van der Waals surface area contributed by atoms with E-state index in [1.165, 1.54) is 0 Å². The Labute approximate surface area is 38.0 Å². The van der Waals surface area contributed by atoms with Crippen LogP contribution >= 0.6 is 18.7 Å². The highest BCUT2D eigenvalue weighted by Crippen LogP contribution is 1.68. The van der Waals surface area contributed by atoms with E-state index in [0.717, 1.165) is 0 Å². The molecule has 0 bridgehead atoms. The maximum Gasteiger partial charge on any atom is 0.0391 e. The van der Waals surface area contributed by atoms with Crippen molar-refractivity contribution in [1.82, 2.24) is 0 Å². The van der Waals surface area contributed by atoms with E-state index >= 15 is 0 Å². The number of hydrogen-bond donors (Lipinski definition) is 0. The second-order valence-electron chi connectivity index (χ2n) is 0.236. The van der Waals surface area contributed by atoms with Gasteiger partial charge in [-0.2, -0.15) is 0 Å². The molecule has 0 fully saturated rings. The van der Waals surface area contributed by atoms with Gasteiger partial charge in [-0.1, -0.05) is 6.66 Å². The standard InChI is InChI=1S/CH5OP.CH5P/c1-2-3;1-2/h3H2,1H3;2H2,1H3. The van der Waals surface area contributed by atoms with Crippen molar-refractivity contribution in [1.29, 1.82) is 0 Å². The zero-order valence-corrected chi connectivity index (χ0v) is 5.87. The van der Waals surface area contributed by atoms with Gasteiger partial charge in [0.25, 0.3) is 0 Å². The van der Waals surface area contributed by atoms with Crippen LogP contribution in [-0.4, -0.2) is 13.8 Å². The van der Waals surface area contributed by atoms with Crippen LogP contribution in [0.1, 0.15) is 0 Å². The molecule has 34 valence electrons. The smallest absolute Gasteiger partial charge is 0.0391 e. The molecule has 0 aromatic heterocycles. The monoisotopic (exact) mass is 112 g/mol. The molecule has 3 heteroatoms. The molecule has 1 nitrogen and oxygen atoms in total. The highest BCUT2D eigenvalue weighted by molar-refractivity contribution is 7.15. The second kappa shape index (κ2) is 21.2. The van der Waals surface area contributed by atoms with Gasteiger partial charge < -0.3 is 4.52 Å². The van der Waals surface area contributed by atoms with E-state index in [1.807, 2.05) is 6.66 Å². The molecule has 0 saturated carbocycles. The van der Waals surface area contributed by atoms with Gasteiger partial charge in [0.05, 0.1) is 0 Å². The van der Waals surface area contributed by atoms with Crippen LogP contribution in [0.4, 0.5) is 0 Å². The summed E-state index contributed by atoms with van der Waals surface area (Å²) in [4.78, 5) is 0. The summed E-state index contributed by atoms with van der Waals surface area (Å²) in [5.74, 6) is 0. The van der Waals surface area contributed by atoms with E-state index in [9.17, 15) is 0 Å². The fraction of sp³-hybridized carbons (Fsp3) is 1.00. The molecule has 0 aliphatic heterocycles. The number of rotatable bonds is 0. The predicted octanol–water partition coefficient (Wildman–Crippen LogP) is 0.914. The zero-order chi connectivity index (χ0) is 4.71. The minimum absolute atomic E-state index is 1.59. The van der Waals surface area contributed by atoms with Crippen LogP contribution in [-0.2, 0) is 4.52 Å². The zero-order valence-electron chi connectivity index (χ0n) is 3.56. The Balaban J connectivity index is 0. The van der Waals surface area contributed by atoms with Crippen LogP contribution in [0, 0.1) is 0 Å². The van der Waals surface area contributed by atoms with Gasteiger partial charge in [-0.05, 0) is 9.47 Å².